The molecule has 0 aliphatic rings. The molecule has 0 N–H and O–H groups in total. The molecule has 1 nitrogen and oxygen atoms in total. The van der Waals surface area contributed by atoms with Crippen LogP contribution in [0.2, 0.25) is 0 Å². The molecule has 3 aromatic heterocycles. The van der Waals surface area contributed by atoms with Crippen molar-refractivity contribution in [2.75, 3.05) is 0 Å². The van der Waals surface area contributed by atoms with Gasteiger partial charge in [0.1, 0.15) is 0 Å². The minimum absolute atomic E-state index is 0.391. The predicted octanol–water partition coefficient (Wildman–Crippen LogP) is 5.93. The SMILES string of the molecule is Cn1cc(-c2c(-c3ccccc3)[se]c3[se]c4ccccc4c23)c2ccccc21. The maximum absolute atomic E-state index is 2.34. The van der Waals surface area contributed by atoms with E-state index in [1.165, 1.54) is 38.4 Å². The summed E-state index contributed by atoms with van der Waals surface area (Å²) in [6.45, 7) is 0. The van der Waals surface area contributed by atoms with E-state index in [0.29, 0.717) is 29.0 Å². The molecule has 6 rings (SSSR count). The summed E-state index contributed by atoms with van der Waals surface area (Å²) in [5.41, 5.74) is 5.55. The second-order valence-electron chi connectivity index (χ2n) is 7.10. The van der Waals surface area contributed by atoms with Gasteiger partial charge in [-0.05, 0) is 0 Å². The molecule has 0 bridgehead atoms. The van der Waals surface area contributed by atoms with E-state index in [9.17, 15) is 0 Å². The van der Waals surface area contributed by atoms with E-state index in [2.05, 4.69) is 96.7 Å². The van der Waals surface area contributed by atoms with Crippen LogP contribution in [0.25, 0.3) is 50.2 Å². The first-order valence-corrected chi connectivity index (χ1v) is 12.8. The van der Waals surface area contributed by atoms with Crippen molar-refractivity contribution in [3.05, 3.63) is 85.1 Å². The van der Waals surface area contributed by atoms with Crippen molar-refractivity contribution in [1.82, 2.24) is 4.57 Å². The van der Waals surface area contributed by atoms with Gasteiger partial charge in [-0.15, -0.1) is 0 Å². The van der Waals surface area contributed by atoms with Crippen LogP contribution in [0.3, 0.4) is 0 Å². The Balaban J connectivity index is 1.81. The fourth-order valence-corrected chi connectivity index (χ4v) is 10.8. The van der Waals surface area contributed by atoms with Crippen molar-refractivity contribution in [2.45, 2.75) is 0 Å². The Morgan fingerprint density at radius 2 is 1.43 bits per heavy atom. The molecule has 0 radical (unpaired) electrons. The second-order valence-corrected chi connectivity index (χ2v) is 12.8. The molecular weight excluding hydrogens is 472 g/mol. The third kappa shape index (κ3) is 2.38. The monoisotopic (exact) mass is 491 g/mol. The van der Waals surface area contributed by atoms with E-state index in [4.69, 9.17) is 0 Å². The van der Waals surface area contributed by atoms with Crippen LogP contribution in [0.1, 0.15) is 0 Å². The van der Waals surface area contributed by atoms with Crippen LogP contribution in [0.4, 0.5) is 0 Å². The van der Waals surface area contributed by atoms with Gasteiger partial charge in [0.05, 0.1) is 0 Å². The molecule has 0 aliphatic carbocycles. The molecule has 3 aromatic carbocycles. The van der Waals surface area contributed by atoms with Gasteiger partial charge in [0.2, 0.25) is 0 Å². The number of benzene rings is 3. The molecule has 6 aromatic rings. The van der Waals surface area contributed by atoms with Gasteiger partial charge in [-0.2, -0.15) is 0 Å². The molecule has 0 saturated carbocycles. The number of rotatable bonds is 2. The Morgan fingerprint density at radius 1 is 0.714 bits per heavy atom. The van der Waals surface area contributed by atoms with Crippen LogP contribution in [-0.4, -0.2) is 33.6 Å². The van der Waals surface area contributed by atoms with Crippen LogP contribution in [-0.2, 0) is 7.05 Å². The average Bonchev–Trinajstić information content (AvgIpc) is 3.38. The van der Waals surface area contributed by atoms with Crippen LogP contribution < -0.4 is 0 Å². The first-order chi connectivity index (χ1) is 13.8. The van der Waals surface area contributed by atoms with Gasteiger partial charge < -0.3 is 0 Å². The summed E-state index contributed by atoms with van der Waals surface area (Å²) in [6, 6.07) is 28.9. The summed E-state index contributed by atoms with van der Waals surface area (Å²) in [6.07, 6.45) is 2.34. The minimum atomic E-state index is 0.391. The molecule has 3 heterocycles. The van der Waals surface area contributed by atoms with Crippen molar-refractivity contribution < 1.29 is 0 Å². The summed E-state index contributed by atoms with van der Waals surface area (Å²) in [7, 11) is 2.16. The average molecular weight is 489 g/mol. The summed E-state index contributed by atoms with van der Waals surface area (Å²) in [5, 5.41) is 4.36. The summed E-state index contributed by atoms with van der Waals surface area (Å²) < 4.78 is 7.07. The molecule has 28 heavy (non-hydrogen) atoms. The standard InChI is InChI=1S/C25H17NSe2/c1-26-15-19(17-11-5-7-13-20(17)26)22-23-18-12-6-8-14-21(18)27-25(23)28-24(22)16-9-3-2-4-10-16/h2-15H,1H3. The fraction of sp³-hybridized carbons (Fsp3) is 0.0400. The van der Waals surface area contributed by atoms with Gasteiger partial charge in [-0.25, -0.2) is 0 Å². The quantitative estimate of drug-likeness (QED) is 0.266. The number of hydrogen-bond donors (Lipinski definition) is 0. The molecule has 0 unspecified atom stereocenters. The van der Waals surface area contributed by atoms with Crippen molar-refractivity contribution in [3.8, 4) is 21.1 Å². The van der Waals surface area contributed by atoms with Gasteiger partial charge in [0.15, 0.2) is 0 Å². The van der Waals surface area contributed by atoms with Crippen molar-refractivity contribution in [2.24, 2.45) is 7.05 Å². The van der Waals surface area contributed by atoms with Gasteiger partial charge in [-0.1, -0.05) is 0 Å². The fourth-order valence-electron chi connectivity index (χ4n) is 4.18. The maximum atomic E-state index is 2.34. The molecule has 0 fully saturated rings. The Bertz CT molecular complexity index is 1460. The predicted molar refractivity (Wildman–Crippen MR) is 123 cm³/mol. The zero-order chi connectivity index (χ0) is 18.7. The Labute approximate surface area is 175 Å². The van der Waals surface area contributed by atoms with E-state index in [-0.39, 0.29) is 0 Å². The van der Waals surface area contributed by atoms with Crippen molar-refractivity contribution >= 4 is 58.1 Å². The van der Waals surface area contributed by atoms with Gasteiger partial charge >= 0.3 is 176 Å². The number of fused-ring (bicyclic) bond motifs is 4. The normalized spacial score (nSPS) is 11.8. The molecule has 0 amide bonds. The molecule has 134 valence electrons. The van der Waals surface area contributed by atoms with Crippen LogP contribution in [0.15, 0.2) is 85.1 Å². The molecular formula is C25H17NSe2. The Morgan fingerprint density at radius 3 is 2.29 bits per heavy atom. The van der Waals surface area contributed by atoms with E-state index >= 15 is 0 Å². The zero-order valence-corrected chi connectivity index (χ0v) is 18.8. The van der Waals surface area contributed by atoms with Crippen LogP contribution >= 0.6 is 0 Å². The van der Waals surface area contributed by atoms with E-state index in [1.54, 1.807) is 11.8 Å². The zero-order valence-electron chi connectivity index (χ0n) is 15.3. The summed E-state index contributed by atoms with van der Waals surface area (Å²) >= 11 is 0.847. The van der Waals surface area contributed by atoms with Crippen molar-refractivity contribution in [3.63, 3.8) is 0 Å². The van der Waals surface area contributed by atoms with Gasteiger partial charge in [-0.3, -0.25) is 0 Å². The Kier molecular flexibility index (Phi) is 3.79. The molecule has 3 heteroatoms. The number of aromatic nitrogens is 1. The number of aryl methyl sites for hydroxylation is 1. The second kappa shape index (κ2) is 6.37. The van der Waals surface area contributed by atoms with E-state index in [0.717, 1.165) is 0 Å². The summed E-state index contributed by atoms with van der Waals surface area (Å²) in [5.74, 6) is 0. The van der Waals surface area contributed by atoms with Crippen LogP contribution in [0, 0.1) is 0 Å². The number of hydrogen-bond acceptors (Lipinski definition) is 0. The van der Waals surface area contributed by atoms with E-state index in [1.807, 2.05) is 0 Å². The number of nitrogens with zero attached hydrogens (tertiary/aromatic N) is 1. The Hall–Kier alpha value is -2.28. The molecule has 0 atom stereocenters. The number of para-hydroxylation sites is 1. The molecule has 0 aliphatic heterocycles. The van der Waals surface area contributed by atoms with Gasteiger partial charge in [0.25, 0.3) is 0 Å². The topological polar surface area (TPSA) is 4.93 Å². The third-order valence-corrected chi connectivity index (χ3v) is 11.4. The van der Waals surface area contributed by atoms with Crippen molar-refractivity contribution in [1.29, 1.82) is 0 Å². The van der Waals surface area contributed by atoms with E-state index < -0.39 is 0 Å². The van der Waals surface area contributed by atoms with Crippen LogP contribution in [0.5, 0.6) is 0 Å². The first-order valence-electron chi connectivity index (χ1n) is 9.35. The molecule has 0 spiro atoms. The van der Waals surface area contributed by atoms with Gasteiger partial charge in [0, 0.05) is 0 Å². The summed E-state index contributed by atoms with van der Waals surface area (Å²) in [4.78, 5) is 0. The molecule has 0 saturated heterocycles. The first kappa shape index (κ1) is 16.7. The third-order valence-electron chi connectivity index (χ3n) is 5.44.